The Bertz CT molecular complexity index is 1200. The van der Waals surface area contributed by atoms with Crippen molar-refractivity contribution in [1.29, 1.82) is 0 Å². The average molecular weight is 481 g/mol. The Morgan fingerprint density at radius 3 is 2.41 bits per heavy atom. The van der Waals surface area contributed by atoms with Crippen LogP contribution in [0, 0.1) is 0 Å². The molecule has 34 heavy (non-hydrogen) atoms. The van der Waals surface area contributed by atoms with Crippen molar-refractivity contribution in [3.05, 3.63) is 83.4 Å². The molecular formula is C24H21ClN4O5. The highest BCUT2D eigenvalue weighted by Crippen LogP contribution is 2.20. The molecule has 0 aromatic heterocycles. The smallest absolute Gasteiger partial charge is 0.329 e. The van der Waals surface area contributed by atoms with Gasteiger partial charge in [0, 0.05) is 11.8 Å². The molecule has 3 aromatic carbocycles. The van der Waals surface area contributed by atoms with Crippen molar-refractivity contribution in [1.82, 2.24) is 5.43 Å². The molecule has 0 bridgehead atoms. The summed E-state index contributed by atoms with van der Waals surface area (Å²) in [6.45, 7) is -0.197. The summed E-state index contributed by atoms with van der Waals surface area (Å²) in [7, 11) is 1.50. The number of anilines is 2. The highest BCUT2D eigenvalue weighted by molar-refractivity contribution is 6.39. The molecule has 0 aliphatic carbocycles. The number of para-hydroxylation sites is 1. The van der Waals surface area contributed by atoms with Crippen LogP contribution in [0.1, 0.15) is 5.56 Å². The quantitative estimate of drug-likeness (QED) is 0.259. The largest absolute Gasteiger partial charge is 0.497 e. The zero-order valence-electron chi connectivity index (χ0n) is 18.1. The van der Waals surface area contributed by atoms with E-state index in [-0.39, 0.29) is 12.5 Å². The van der Waals surface area contributed by atoms with Crippen LogP contribution in [0.5, 0.6) is 11.5 Å². The van der Waals surface area contributed by atoms with Crippen molar-refractivity contribution in [3.8, 4) is 11.5 Å². The van der Waals surface area contributed by atoms with Crippen LogP contribution in [0.2, 0.25) is 5.02 Å². The Labute approximate surface area is 200 Å². The second-order valence-corrected chi connectivity index (χ2v) is 7.18. The second kappa shape index (κ2) is 12.0. The number of methoxy groups -OCH3 is 1. The van der Waals surface area contributed by atoms with Crippen molar-refractivity contribution >= 4 is 46.9 Å². The van der Waals surface area contributed by atoms with E-state index in [4.69, 9.17) is 21.1 Å². The van der Waals surface area contributed by atoms with Crippen molar-refractivity contribution in [2.45, 2.75) is 0 Å². The predicted octanol–water partition coefficient (Wildman–Crippen LogP) is 3.45. The maximum Gasteiger partial charge on any atom is 0.329 e. The molecule has 3 amide bonds. The highest BCUT2D eigenvalue weighted by Gasteiger charge is 2.13. The lowest BCUT2D eigenvalue weighted by atomic mass is 10.2. The third kappa shape index (κ3) is 7.35. The maximum atomic E-state index is 12.0. The Balaban J connectivity index is 1.44. The van der Waals surface area contributed by atoms with Crippen LogP contribution in [0.25, 0.3) is 0 Å². The van der Waals surface area contributed by atoms with Gasteiger partial charge in [0.05, 0.1) is 24.0 Å². The van der Waals surface area contributed by atoms with Gasteiger partial charge in [-0.2, -0.15) is 5.10 Å². The fraction of sp³-hybridized carbons (Fsp3) is 0.0833. The first-order chi connectivity index (χ1) is 16.4. The van der Waals surface area contributed by atoms with Crippen LogP contribution in [-0.2, 0) is 14.4 Å². The standard InChI is InChI=1S/C24H21ClN4O5/c1-33-19-6-4-5-17(13-19)27-23(31)24(32)29-26-14-16-9-11-18(12-10-16)34-15-22(30)28-21-8-3-2-7-20(21)25/h2-14H,15H2,1H3,(H,27,31)(H,28,30)(H,29,32)/b26-14-. The molecule has 0 atom stereocenters. The van der Waals surface area contributed by atoms with Gasteiger partial charge in [-0.3, -0.25) is 14.4 Å². The molecule has 3 aromatic rings. The Morgan fingerprint density at radius 2 is 1.68 bits per heavy atom. The van der Waals surface area contributed by atoms with E-state index in [1.165, 1.54) is 13.3 Å². The van der Waals surface area contributed by atoms with Gasteiger partial charge in [-0.1, -0.05) is 29.8 Å². The minimum absolute atomic E-state index is 0.197. The summed E-state index contributed by atoms with van der Waals surface area (Å²) in [6.07, 6.45) is 1.37. The van der Waals surface area contributed by atoms with Gasteiger partial charge >= 0.3 is 11.8 Å². The molecule has 9 nitrogen and oxygen atoms in total. The van der Waals surface area contributed by atoms with Gasteiger partial charge in [0.2, 0.25) is 0 Å². The van der Waals surface area contributed by atoms with Crippen LogP contribution >= 0.6 is 11.6 Å². The van der Waals surface area contributed by atoms with Crippen LogP contribution in [0.3, 0.4) is 0 Å². The zero-order chi connectivity index (χ0) is 24.3. The lowest BCUT2D eigenvalue weighted by Gasteiger charge is -2.08. The van der Waals surface area contributed by atoms with Gasteiger partial charge in [-0.15, -0.1) is 0 Å². The maximum absolute atomic E-state index is 12.0. The number of hydrazone groups is 1. The number of halogens is 1. The molecule has 0 saturated heterocycles. The molecule has 3 rings (SSSR count). The van der Waals surface area contributed by atoms with Crippen molar-refractivity contribution in [2.75, 3.05) is 24.4 Å². The van der Waals surface area contributed by atoms with Crippen molar-refractivity contribution in [2.24, 2.45) is 5.10 Å². The summed E-state index contributed by atoms with van der Waals surface area (Å²) in [5.74, 6) is -1.14. The second-order valence-electron chi connectivity index (χ2n) is 6.77. The molecule has 0 saturated carbocycles. The Hall–Kier alpha value is -4.37. The van der Waals surface area contributed by atoms with Crippen molar-refractivity contribution in [3.63, 3.8) is 0 Å². The molecule has 0 aliphatic rings. The number of carbonyl (C=O) groups is 3. The number of ether oxygens (including phenoxy) is 2. The minimum atomic E-state index is -0.927. The van der Waals surface area contributed by atoms with Gasteiger partial charge in [-0.05, 0) is 54.1 Å². The number of hydrogen-bond acceptors (Lipinski definition) is 6. The highest BCUT2D eigenvalue weighted by atomic mass is 35.5. The molecule has 0 fully saturated rings. The number of nitrogens with zero attached hydrogens (tertiary/aromatic N) is 1. The molecule has 174 valence electrons. The van der Waals surface area contributed by atoms with Crippen molar-refractivity contribution < 1.29 is 23.9 Å². The average Bonchev–Trinajstić information content (AvgIpc) is 2.85. The first-order valence-electron chi connectivity index (χ1n) is 10.0. The fourth-order valence-corrected chi connectivity index (χ4v) is 2.84. The molecule has 0 heterocycles. The van der Waals surface area contributed by atoms with E-state index in [0.717, 1.165) is 0 Å². The van der Waals surface area contributed by atoms with Crippen LogP contribution < -0.4 is 25.5 Å². The fourth-order valence-electron chi connectivity index (χ4n) is 2.65. The summed E-state index contributed by atoms with van der Waals surface area (Å²) in [6, 6.07) is 20.1. The third-order valence-electron chi connectivity index (χ3n) is 4.31. The normalized spacial score (nSPS) is 10.4. The summed E-state index contributed by atoms with van der Waals surface area (Å²) < 4.78 is 10.5. The Kier molecular flexibility index (Phi) is 8.59. The Morgan fingerprint density at radius 1 is 0.912 bits per heavy atom. The SMILES string of the molecule is COc1cccc(NC(=O)C(=O)N/N=C\c2ccc(OCC(=O)Nc3ccccc3Cl)cc2)c1. The lowest BCUT2D eigenvalue weighted by molar-refractivity contribution is -0.136. The molecule has 0 spiro atoms. The molecule has 3 N–H and O–H groups in total. The topological polar surface area (TPSA) is 118 Å². The van der Waals surface area contributed by atoms with Crippen LogP contribution in [0.15, 0.2) is 77.9 Å². The van der Waals surface area contributed by atoms with Gasteiger partial charge in [0.1, 0.15) is 11.5 Å². The number of hydrogen-bond donors (Lipinski definition) is 3. The van der Waals surface area contributed by atoms with E-state index in [9.17, 15) is 14.4 Å². The van der Waals surface area contributed by atoms with Crippen LogP contribution in [0.4, 0.5) is 11.4 Å². The van der Waals surface area contributed by atoms with E-state index >= 15 is 0 Å². The molecular weight excluding hydrogens is 460 g/mol. The van der Waals surface area contributed by atoms with Gasteiger partial charge in [-0.25, -0.2) is 5.43 Å². The first-order valence-corrected chi connectivity index (χ1v) is 10.4. The summed E-state index contributed by atoms with van der Waals surface area (Å²) in [5.41, 5.74) is 3.71. The molecule has 0 unspecified atom stereocenters. The minimum Gasteiger partial charge on any atom is -0.497 e. The summed E-state index contributed by atoms with van der Waals surface area (Å²) in [5, 5.41) is 9.32. The van der Waals surface area contributed by atoms with Crippen LogP contribution in [-0.4, -0.2) is 37.7 Å². The number of rotatable bonds is 8. The monoisotopic (exact) mass is 480 g/mol. The number of amides is 3. The number of carbonyl (C=O) groups excluding carboxylic acids is 3. The van der Waals surface area contributed by atoms with Gasteiger partial charge < -0.3 is 20.1 Å². The van der Waals surface area contributed by atoms with Gasteiger partial charge in [0.15, 0.2) is 6.61 Å². The molecule has 10 heteroatoms. The number of nitrogens with one attached hydrogen (secondary N) is 3. The van der Waals surface area contributed by atoms with Gasteiger partial charge in [0.25, 0.3) is 5.91 Å². The lowest BCUT2D eigenvalue weighted by Crippen LogP contribution is -2.32. The molecule has 0 radical (unpaired) electrons. The molecule has 0 aliphatic heterocycles. The van der Waals surface area contributed by atoms with E-state index < -0.39 is 11.8 Å². The van der Waals surface area contributed by atoms with E-state index in [2.05, 4.69) is 21.2 Å². The predicted molar refractivity (Wildman–Crippen MR) is 129 cm³/mol. The number of benzene rings is 3. The van der Waals surface area contributed by atoms with E-state index in [1.54, 1.807) is 72.8 Å². The van der Waals surface area contributed by atoms with E-state index in [0.29, 0.717) is 33.5 Å². The summed E-state index contributed by atoms with van der Waals surface area (Å²) >= 11 is 6.01. The third-order valence-corrected chi connectivity index (χ3v) is 4.64. The zero-order valence-corrected chi connectivity index (χ0v) is 18.8. The summed E-state index contributed by atoms with van der Waals surface area (Å²) in [4.78, 5) is 35.9. The first kappa shape index (κ1) is 24.3. The van der Waals surface area contributed by atoms with E-state index in [1.807, 2.05) is 0 Å².